The molecule has 2 fully saturated rings. The lowest BCUT2D eigenvalue weighted by Crippen LogP contribution is -2.59. The normalized spacial score (nSPS) is 33.3. The number of carbonyl (C=O) groups is 3. The molecule has 5 atom stereocenters. The van der Waals surface area contributed by atoms with E-state index in [-0.39, 0.29) is 41.7 Å². The van der Waals surface area contributed by atoms with E-state index in [4.69, 9.17) is 15.2 Å². The third kappa shape index (κ3) is 5.40. The summed E-state index contributed by atoms with van der Waals surface area (Å²) in [6, 6.07) is -0.678. The first-order valence-corrected chi connectivity index (χ1v) is 11.9. The number of cyclic esters (lactones) is 1. The number of esters is 2. The predicted molar refractivity (Wildman–Crippen MR) is 126 cm³/mol. The highest BCUT2D eigenvalue weighted by atomic mass is 16.5. The van der Waals surface area contributed by atoms with Gasteiger partial charge < -0.3 is 20.5 Å². The van der Waals surface area contributed by atoms with Crippen LogP contribution in [0.3, 0.4) is 0 Å². The van der Waals surface area contributed by atoms with Gasteiger partial charge in [-0.25, -0.2) is 4.79 Å². The molecule has 3 N–H and O–H groups in total. The van der Waals surface area contributed by atoms with Crippen LogP contribution < -0.4 is 11.1 Å². The number of rotatable bonds is 7. The van der Waals surface area contributed by atoms with Gasteiger partial charge in [-0.2, -0.15) is 0 Å². The average Bonchev–Trinajstić information content (AvgIpc) is 3.10. The Balaban J connectivity index is 1.85. The summed E-state index contributed by atoms with van der Waals surface area (Å²) in [6.45, 7) is 12.9. The van der Waals surface area contributed by atoms with Gasteiger partial charge in [0.15, 0.2) is 0 Å². The fourth-order valence-electron chi connectivity index (χ4n) is 5.86. The molecule has 2 heterocycles. The van der Waals surface area contributed by atoms with Crippen molar-refractivity contribution in [2.45, 2.75) is 71.4 Å². The van der Waals surface area contributed by atoms with E-state index < -0.39 is 17.6 Å². The number of carbonyl (C=O) groups excluding carboxylic acids is 3. The highest BCUT2D eigenvalue weighted by Gasteiger charge is 2.54. The second-order valence-corrected chi connectivity index (χ2v) is 10.7. The van der Waals surface area contributed by atoms with Gasteiger partial charge in [0.1, 0.15) is 19.3 Å². The Morgan fingerprint density at radius 3 is 2.73 bits per heavy atom. The predicted octanol–water partition coefficient (Wildman–Crippen LogP) is 3.20. The van der Waals surface area contributed by atoms with Gasteiger partial charge in [-0.15, -0.1) is 0 Å². The zero-order valence-electron chi connectivity index (χ0n) is 20.3. The number of hydrogen-bond acceptors (Lipinski definition) is 6. The van der Waals surface area contributed by atoms with E-state index in [1.807, 2.05) is 32.9 Å². The van der Waals surface area contributed by atoms with E-state index in [1.165, 1.54) is 0 Å². The van der Waals surface area contributed by atoms with Crippen molar-refractivity contribution in [3.05, 3.63) is 36.0 Å². The summed E-state index contributed by atoms with van der Waals surface area (Å²) in [7, 11) is 0. The first-order chi connectivity index (χ1) is 15.5. The molecule has 0 bridgehead atoms. The lowest BCUT2D eigenvalue weighted by atomic mass is 9.53. The molecule has 2 aliphatic heterocycles. The van der Waals surface area contributed by atoms with Crippen LogP contribution in [0.4, 0.5) is 0 Å². The minimum Gasteiger partial charge on any atom is -0.462 e. The number of nitrogens with one attached hydrogen (secondary N) is 1. The summed E-state index contributed by atoms with van der Waals surface area (Å²) in [6.07, 6.45) is 8.86. The van der Waals surface area contributed by atoms with Crippen LogP contribution in [0.5, 0.6) is 0 Å². The van der Waals surface area contributed by atoms with Gasteiger partial charge in [0.05, 0.1) is 11.1 Å². The first-order valence-electron chi connectivity index (χ1n) is 11.9. The van der Waals surface area contributed by atoms with E-state index in [0.29, 0.717) is 31.4 Å². The Bertz CT molecular complexity index is 876. The molecule has 1 saturated carbocycles. The van der Waals surface area contributed by atoms with Crippen molar-refractivity contribution in [3.8, 4) is 0 Å². The lowest BCUT2D eigenvalue weighted by molar-refractivity contribution is -0.150. The highest BCUT2D eigenvalue weighted by Crippen LogP contribution is 2.55. The molecule has 33 heavy (non-hydrogen) atoms. The van der Waals surface area contributed by atoms with Crippen molar-refractivity contribution >= 4 is 17.8 Å². The minimum absolute atomic E-state index is 0.0172. The molecule has 7 nitrogen and oxygen atoms in total. The van der Waals surface area contributed by atoms with Crippen molar-refractivity contribution in [1.82, 2.24) is 5.32 Å². The summed E-state index contributed by atoms with van der Waals surface area (Å²) in [5, 5.41) is 3.16. The maximum Gasteiger partial charge on any atom is 0.338 e. The summed E-state index contributed by atoms with van der Waals surface area (Å²) < 4.78 is 10.7. The van der Waals surface area contributed by atoms with Crippen LogP contribution in [-0.2, 0) is 23.9 Å². The Kier molecular flexibility index (Phi) is 7.52. The van der Waals surface area contributed by atoms with E-state index in [2.05, 4.69) is 18.8 Å². The number of allylic oxidation sites excluding steroid dienone is 2. The molecule has 1 saturated heterocycles. The minimum atomic E-state index is -0.728. The number of fused-ring (bicyclic) bond motifs is 1. The van der Waals surface area contributed by atoms with Gasteiger partial charge in [0.2, 0.25) is 5.91 Å². The van der Waals surface area contributed by atoms with Gasteiger partial charge in [-0.05, 0) is 55.9 Å². The maximum atomic E-state index is 12.7. The van der Waals surface area contributed by atoms with E-state index in [0.717, 1.165) is 18.4 Å². The molecule has 7 heteroatoms. The molecule has 3 aliphatic rings. The number of amides is 1. The van der Waals surface area contributed by atoms with Crippen LogP contribution in [0, 0.1) is 23.2 Å². The molecule has 0 aromatic heterocycles. The van der Waals surface area contributed by atoms with Gasteiger partial charge in [0, 0.05) is 12.3 Å². The van der Waals surface area contributed by atoms with Crippen LogP contribution in [0.25, 0.3) is 0 Å². The van der Waals surface area contributed by atoms with Crippen LogP contribution in [-0.4, -0.2) is 42.6 Å². The first kappa shape index (κ1) is 25.2. The van der Waals surface area contributed by atoms with Gasteiger partial charge >= 0.3 is 11.9 Å². The number of nitrogens with two attached hydrogens (primary N) is 1. The van der Waals surface area contributed by atoms with Crippen molar-refractivity contribution in [2.75, 3.05) is 13.2 Å². The van der Waals surface area contributed by atoms with Crippen molar-refractivity contribution < 1.29 is 23.9 Å². The van der Waals surface area contributed by atoms with Gasteiger partial charge in [0.25, 0.3) is 0 Å². The van der Waals surface area contributed by atoms with Crippen LogP contribution in [0.2, 0.25) is 0 Å². The van der Waals surface area contributed by atoms with Crippen molar-refractivity contribution in [2.24, 2.45) is 28.9 Å². The Morgan fingerprint density at radius 1 is 1.36 bits per heavy atom. The zero-order chi connectivity index (χ0) is 24.4. The molecule has 0 aromatic rings. The molecule has 0 radical (unpaired) electrons. The molecular formula is C26H38N2O5. The van der Waals surface area contributed by atoms with Crippen molar-refractivity contribution in [3.63, 3.8) is 0 Å². The van der Waals surface area contributed by atoms with Gasteiger partial charge in [-0.1, -0.05) is 45.1 Å². The highest BCUT2D eigenvalue weighted by molar-refractivity contribution is 5.93. The Morgan fingerprint density at radius 2 is 2.09 bits per heavy atom. The average molecular weight is 459 g/mol. The third-order valence-corrected chi connectivity index (χ3v) is 7.55. The smallest absolute Gasteiger partial charge is 0.338 e. The maximum absolute atomic E-state index is 12.7. The molecule has 1 amide bonds. The van der Waals surface area contributed by atoms with Crippen LogP contribution in [0.15, 0.2) is 36.0 Å². The topological polar surface area (TPSA) is 108 Å². The molecule has 0 spiro atoms. The molecular weight excluding hydrogens is 420 g/mol. The monoisotopic (exact) mass is 458 g/mol. The molecule has 0 aromatic carbocycles. The molecule has 1 aliphatic carbocycles. The fourth-order valence-corrected chi connectivity index (χ4v) is 5.86. The molecule has 3 rings (SSSR count). The SMILES string of the molecule is C=C1CC[C@H]2[C@@](C)(CCC(=O)N[C@@]2(C)COC(=O)[C@H](N)CC(C)C)[C@@H]1/C=C/C1=CCOC1=O. The van der Waals surface area contributed by atoms with Crippen LogP contribution >= 0.6 is 0 Å². The van der Waals surface area contributed by atoms with E-state index >= 15 is 0 Å². The largest absolute Gasteiger partial charge is 0.462 e. The second kappa shape index (κ2) is 9.84. The number of ether oxygens (including phenoxy) is 2. The number of hydrogen-bond donors (Lipinski definition) is 2. The second-order valence-electron chi connectivity index (χ2n) is 10.7. The Labute approximate surface area is 196 Å². The quantitative estimate of drug-likeness (QED) is 0.448. The van der Waals surface area contributed by atoms with E-state index in [9.17, 15) is 14.4 Å². The standard InChI is InChI=1S/C26H38N2O5/c1-16(2)14-20(27)24(31)33-15-26(5)21-9-6-17(3)19(8-7-18-11-13-32-23(18)30)25(21,4)12-10-22(29)28-26/h7-8,11,16,19-21H,3,6,9-10,12-15,27H2,1-2,4-5H3,(H,28,29)/b8-7+/t19-,20-,21+,25+,26+/m1/s1. The zero-order valence-corrected chi connectivity index (χ0v) is 20.3. The van der Waals surface area contributed by atoms with Crippen molar-refractivity contribution in [1.29, 1.82) is 0 Å². The van der Waals surface area contributed by atoms with E-state index in [1.54, 1.807) is 6.08 Å². The third-order valence-electron chi connectivity index (χ3n) is 7.55. The summed E-state index contributed by atoms with van der Waals surface area (Å²) in [5.74, 6) is -0.485. The fraction of sp³-hybridized carbons (Fsp3) is 0.654. The van der Waals surface area contributed by atoms with Crippen LogP contribution in [0.1, 0.15) is 59.8 Å². The lowest BCUT2D eigenvalue weighted by Gasteiger charge is -2.53. The molecule has 182 valence electrons. The summed E-state index contributed by atoms with van der Waals surface area (Å²) in [5.41, 5.74) is 6.63. The summed E-state index contributed by atoms with van der Waals surface area (Å²) >= 11 is 0. The van der Waals surface area contributed by atoms with Gasteiger partial charge in [-0.3, -0.25) is 9.59 Å². The molecule has 0 unspecified atom stereocenters. The summed E-state index contributed by atoms with van der Waals surface area (Å²) in [4.78, 5) is 37.1. The Hall–Kier alpha value is -2.41.